The number of hydrogen-bond donors (Lipinski definition) is 2. The molecule has 1 aliphatic carbocycles. The van der Waals surface area contributed by atoms with Gasteiger partial charge in [0.25, 0.3) is 5.69 Å². The van der Waals surface area contributed by atoms with Crippen LogP contribution in [0.1, 0.15) is 18.4 Å². The quantitative estimate of drug-likeness (QED) is 0.345. The molecule has 0 amide bonds. The molecule has 0 saturated carbocycles. The predicted octanol–water partition coefficient (Wildman–Crippen LogP) is 2.18. The van der Waals surface area contributed by atoms with Gasteiger partial charge in [-0.25, -0.2) is 0 Å². The Hall–Kier alpha value is -2.78. The summed E-state index contributed by atoms with van der Waals surface area (Å²) in [7, 11) is 0. The van der Waals surface area contributed by atoms with Gasteiger partial charge in [0, 0.05) is 30.9 Å². The second-order valence-corrected chi connectivity index (χ2v) is 6.67. The van der Waals surface area contributed by atoms with E-state index in [-0.39, 0.29) is 15.7 Å². The third kappa shape index (κ3) is 4.89. The number of thiocarbonyl (C=S) groups is 1. The number of morpholine rings is 1. The standard InChI is InChI=1S/C18H21N5O3S/c19-18(27)21-20-12-15-5-4-14(17(15)22-6-8-26-9-7-22)10-13-2-1-3-16(11-13)23(24)25/h1-3,10-12H,4-9H2,(H3,19,21,27)/b14-10-,20-12+. The van der Waals surface area contributed by atoms with E-state index in [0.717, 1.165) is 48.3 Å². The minimum atomic E-state index is -0.380. The number of rotatable bonds is 5. The maximum Gasteiger partial charge on any atom is 0.270 e. The zero-order valence-corrected chi connectivity index (χ0v) is 15.6. The molecule has 1 aromatic carbocycles. The first-order valence-corrected chi connectivity index (χ1v) is 9.05. The van der Waals surface area contributed by atoms with Gasteiger partial charge in [0.05, 0.1) is 24.4 Å². The molecular formula is C18H21N5O3S. The lowest BCUT2D eigenvalue weighted by molar-refractivity contribution is -0.384. The summed E-state index contributed by atoms with van der Waals surface area (Å²) in [5, 5.41) is 15.3. The van der Waals surface area contributed by atoms with Gasteiger partial charge >= 0.3 is 0 Å². The highest BCUT2D eigenvalue weighted by atomic mass is 32.1. The molecule has 3 N–H and O–H groups in total. The van der Waals surface area contributed by atoms with Gasteiger partial charge in [-0.15, -0.1) is 0 Å². The molecule has 27 heavy (non-hydrogen) atoms. The molecular weight excluding hydrogens is 366 g/mol. The number of nitro groups is 1. The molecule has 1 aliphatic heterocycles. The van der Waals surface area contributed by atoms with Gasteiger partial charge in [-0.3, -0.25) is 15.5 Å². The predicted molar refractivity (Wildman–Crippen MR) is 108 cm³/mol. The molecule has 0 radical (unpaired) electrons. The van der Waals surface area contributed by atoms with Crippen molar-refractivity contribution < 1.29 is 9.66 Å². The van der Waals surface area contributed by atoms with Crippen LogP contribution in [-0.2, 0) is 4.74 Å². The Morgan fingerprint density at radius 3 is 2.85 bits per heavy atom. The second kappa shape index (κ2) is 8.74. The van der Waals surface area contributed by atoms with Crippen LogP contribution in [0.25, 0.3) is 6.08 Å². The fraction of sp³-hybridized carbons (Fsp3) is 0.333. The van der Waals surface area contributed by atoms with Crippen LogP contribution in [0.5, 0.6) is 0 Å². The highest BCUT2D eigenvalue weighted by molar-refractivity contribution is 7.80. The van der Waals surface area contributed by atoms with Gasteiger partial charge in [-0.1, -0.05) is 12.1 Å². The number of nitro benzene ring substituents is 1. The van der Waals surface area contributed by atoms with Crippen molar-refractivity contribution in [2.45, 2.75) is 12.8 Å². The summed E-state index contributed by atoms with van der Waals surface area (Å²) in [5.41, 5.74) is 12.2. The number of nitrogens with two attached hydrogens (primary N) is 1. The van der Waals surface area contributed by atoms with Crippen LogP contribution in [-0.4, -0.2) is 47.5 Å². The lowest BCUT2D eigenvalue weighted by Gasteiger charge is -2.31. The number of nitrogens with zero attached hydrogens (tertiary/aromatic N) is 3. The van der Waals surface area contributed by atoms with Crippen molar-refractivity contribution in [3.63, 3.8) is 0 Å². The number of ether oxygens (including phenoxy) is 1. The molecule has 1 fully saturated rings. The van der Waals surface area contributed by atoms with E-state index in [1.54, 1.807) is 18.3 Å². The normalized spacial score (nSPS) is 19.1. The van der Waals surface area contributed by atoms with Gasteiger partial charge in [0.2, 0.25) is 0 Å². The van der Waals surface area contributed by atoms with Gasteiger partial charge < -0.3 is 15.4 Å². The van der Waals surface area contributed by atoms with Crippen molar-refractivity contribution in [3.05, 3.63) is 56.8 Å². The van der Waals surface area contributed by atoms with Gasteiger partial charge in [0.15, 0.2) is 5.11 Å². The maximum atomic E-state index is 11.0. The molecule has 1 aromatic rings. The number of allylic oxidation sites excluding steroid dienone is 2. The van der Waals surface area contributed by atoms with E-state index < -0.39 is 0 Å². The summed E-state index contributed by atoms with van der Waals surface area (Å²) in [6, 6.07) is 6.66. The molecule has 0 unspecified atom stereocenters. The summed E-state index contributed by atoms with van der Waals surface area (Å²) in [6.45, 7) is 2.93. The summed E-state index contributed by atoms with van der Waals surface area (Å²) >= 11 is 4.78. The number of hydrogen-bond acceptors (Lipinski definition) is 6. The van der Waals surface area contributed by atoms with Crippen LogP contribution in [0.3, 0.4) is 0 Å². The summed E-state index contributed by atoms with van der Waals surface area (Å²) in [4.78, 5) is 12.9. The summed E-state index contributed by atoms with van der Waals surface area (Å²) < 4.78 is 5.46. The second-order valence-electron chi connectivity index (χ2n) is 6.23. The Kier molecular flexibility index (Phi) is 6.15. The minimum absolute atomic E-state index is 0.0849. The highest BCUT2D eigenvalue weighted by Crippen LogP contribution is 2.35. The van der Waals surface area contributed by atoms with Crippen LogP contribution in [0.4, 0.5) is 5.69 Å². The first kappa shape index (κ1) is 19.0. The van der Waals surface area contributed by atoms with Crippen LogP contribution >= 0.6 is 12.2 Å². The van der Waals surface area contributed by atoms with E-state index in [1.807, 2.05) is 12.1 Å². The largest absolute Gasteiger partial charge is 0.378 e. The Bertz CT molecular complexity index is 828. The average Bonchev–Trinajstić information content (AvgIpc) is 3.04. The van der Waals surface area contributed by atoms with Crippen molar-refractivity contribution >= 4 is 35.3 Å². The third-order valence-electron chi connectivity index (χ3n) is 4.42. The lowest BCUT2D eigenvalue weighted by Crippen LogP contribution is -2.36. The van der Waals surface area contributed by atoms with Crippen molar-refractivity contribution in [2.24, 2.45) is 10.8 Å². The number of non-ortho nitro benzene ring substituents is 1. The highest BCUT2D eigenvalue weighted by Gasteiger charge is 2.25. The fourth-order valence-corrected chi connectivity index (χ4v) is 3.33. The van der Waals surface area contributed by atoms with Crippen molar-refractivity contribution in [1.29, 1.82) is 0 Å². The van der Waals surface area contributed by atoms with Crippen LogP contribution in [0.15, 0.2) is 46.2 Å². The van der Waals surface area contributed by atoms with Gasteiger partial charge in [-0.05, 0) is 47.8 Å². The van der Waals surface area contributed by atoms with E-state index in [0.29, 0.717) is 13.2 Å². The Morgan fingerprint density at radius 2 is 2.15 bits per heavy atom. The molecule has 142 valence electrons. The molecule has 0 spiro atoms. The van der Waals surface area contributed by atoms with Gasteiger partial charge in [0.1, 0.15) is 0 Å². The zero-order chi connectivity index (χ0) is 19.2. The van der Waals surface area contributed by atoms with Crippen LogP contribution in [0, 0.1) is 10.1 Å². The van der Waals surface area contributed by atoms with E-state index in [4.69, 9.17) is 22.7 Å². The van der Waals surface area contributed by atoms with Crippen LogP contribution in [0.2, 0.25) is 0 Å². The molecule has 0 atom stereocenters. The van der Waals surface area contributed by atoms with Crippen molar-refractivity contribution in [2.75, 3.05) is 26.3 Å². The molecule has 0 aromatic heterocycles. The SMILES string of the molecule is NC(=S)N/N=C/C1=C(N2CCOCC2)C(=C\c2cccc([N+](=O)[O-])c2)/CC1. The molecule has 3 rings (SSSR count). The van der Waals surface area contributed by atoms with Crippen molar-refractivity contribution in [3.8, 4) is 0 Å². The smallest absolute Gasteiger partial charge is 0.270 e. The zero-order valence-electron chi connectivity index (χ0n) is 14.8. The molecule has 9 heteroatoms. The summed E-state index contributed by atoms with van der Waals surface area (Å²) in [5.74, 6) is 0. The number of nitrogens with one attached hydrogen (secondary N) is 1. The van der Waals surface area contributed by atoms with Gasteiger partial charge in [-0.2, -0.15) is 5.10 Å². The Labute approximate surface area is 162 Å². The Morgan fingerprint density at radius 1 is 1.37 bits per heavy atom. The molecule has 2 aliphatic rings. The van der Waals surface area contributed by atoms with E-state index in [1.165, 1.54) is 6.07 Å². The van der Waals surface area contributed by atoms with Crippen molar-refractivity contribution in [1.82, 2.24) is 10.3 Å². The maximum absolute atomic E-state index is 11.0. The fourth-order valence-electron chi connectivity index (χ4n) is 3.27. The third-order valence-corrected chi connectivity index (χ3v) is 4.51. The Balaban J connectivity index is 1.94. The van der Waals surface area contributed by atoms with E-state index in [9.17, 15) is 10.1 Å². The number of hydrazone groups is 1. The minimum Gasteiger partial charge on any atom is -0.378 e. The first-order chi connectivity index (χ1) is 13.0. The molecule has 0 bridgehead atoms. The van der Waals surface area contributed by atoms with E-state index in [2.05, 4.69) is 15.4 Å². The summed E-state index contributed by atoms with van der Waals surface area (Å²) in [6.07, 6.45) is 5.43. The molecule has 8 nitrogen and oxygen atoms in total. The number of benzene rings is 1. The first-order valence-electron chi connectivity index (χ1n) is 8.64. The van der Waals surface area contributed by atoms with E-state index >= 15 is 0 Å². The monoisotopic (exact) mass is 387 g/mol. The topological polar surface area (TPSA) is 106 Å². The lowest BCUT2D eigenvalue weighted by atomic mass is 10.1. The average molecular weight is 387 g/mol. The molecule has 1 saturated heterocycles. The molecule has 1 heterocycles. The van der Waals surface area contributed by atoms with Crippen LogP contribution < -0.4 is 11.2 Å².